The summed E-state index contributed by atoms with van der Waals surface area (Å²) < 4.78 is 19.9. The van der Waals surface area contributed by atoms with E-state index in [9.17, 15) is 18.8 Å². The van der Waals surface area contributed by atoms with Crippen LogP contribution in [0.1, 0.15) is 19.3 Å². The van der Waals surface area contributed by atoms with Crippen molar-refractivity contribution in [2.24, 2.45) is 5.92 Å². The Morgan fingerprint density at radius 2 is 2.00 bits per heavy atom. The molecule has 1 aromatic carbocycles. The van der Waals surface area contributed by atoms with Crippen LogP contribution in [-0.2, 0) is 11.3 Å². The van der Waals surface area contributed by atoms with E-state index in [0.29, 0.717) is 25.4 Å². The van der Waals surface area contributed by atoms with Gasteiger partial charge in [-0.3, -0.25) is 14.6 Å². The fourth-order valence-corrected chi connectivity index (χ4v) is 3.17. The maximum absolute atomic E-state index is 12.9. The number of benzene rings is 1. The molecule has 27 heavy (non-hydrogen) atoms. The van der Waals surface area contributed by atoms with Crippen LogP contribution in [0.2, 0.25) is 0 Å². The van der Waals surface area contributed by atoms with Crippen LogP contribution in [0.15, 0.2) is 46.1 Å². The van der Waals surface area contributed by atoms with E-state index in [1.54, 1.807) is 17.0 Å². The number of nitrogens with one attached hydrogen (secondary N) is 1. The van der Waals surface area contributed by atoms with Gasteiger partial charge in [-0.25, -0.2) is 9.18 Å². The highest BCUT2D eigenvalue weighted by atomic mass is 19.1. The number of rotatable bonds is 6. The van der Waals surface area contributed by atoms with Crippen molar-refractivity contribution >= 4 is 5.91 Å². The van der Waals surface area contributed by atoms with Gasteiger partial charge in [0, 0.05) is 44.2 Å². The molecule has 0 saturated carbocycles. The Hall–Kier alpha value is -2.90. The van der Waals surface area contributed by atoms with Gasteiger partial charge in [0.25, 0.3) is 5.56 Å². The Balaban J connectivity index is 1.49. The van der Waals surface area contributed by atoms with Crippen molar-refractivity contribution in [3.05, 3.63) is 63.2 Å². The molecule has 1 atom stereocenters. The van der Waals surface area contributed by atoms with Crippen molar-refractivity contribution in [1.82, 2.24) is 14.5 Å². The van der Waals surface area contributed by atoms with Crippen LogP contribution in [0.4, 0.5) is 4.39 Å². The first-order chi connectivity index (χ1) is 13.0. The van der Waals surface area contributed by atoms with Gasteiger partial charge >= 0.3 is 5.69 Å². The molecule has 1 aliphatic rings. The predicted octanol–water partition coefficient (Wildman–Crippen LogP) is 1.38. The Kier molecular flexibility index (Phi) is 6.05. The number of hydrogen-bond acceptors (Lipinski definition) is 4. The molecule has 0 radical (unpaired) electrons. The average molecular weight is 375 g/mol. The van der Waals surface area contributed by atoms with Gasteiger partial charge in [0.05, 0.1) is 6.61 Å². The molecule has 1 fully saturated rings. The summed E-state index contributed by atoms with van der Waals surface area (Å²) in [4.78, 5) is 39.2. The smallest absolute Gasteiger partial charge is 0.328 e. The normalized spacial score (nSPS) is 16.9. The molecule has 144 valence electrons. The highest BCUT2D eigenvalue weighted by molar-refractivity contribution is 5.76. The van der Waals surface area contributed by atoms with Crippen LogP contribution in [-0.4, -0.2) is 40.1 Å². The Morgan fingerprint density at radius 1 is 1.22 bits per heavy atom. The van der Waals surface area contributed by atoms with Gasteiger partial charge in [0.1, 0.15) is 11.6 Å². The number of amides is 1. The van der Waals surface area contributed by atoms with Crippen LogP contribution in [0.25, 0.3) is 0 Å². The minimum Gasteiger partial charge on any atom is -0.493 e. The zero-order chi connectivity index (χ0) is 19.2. The van der Waals surface area contributed by atoms with Gasteiger partial charge in [0.15, 0.2) is 0 Å². The number of carbonyl (C=O) groups is 1. The van der Waals surface area contributed by atoms with Crippen LogP contribution in [0, 0.1) is 11.7 Å². The molecule has 1 aromatic heterocycles. The molecule has 1 unspecified atom stereocenters. The summed E-state index contributed by atoms with van der Waals surface area (Å²) in [7, 11) is 0. The van der Waals surface area contributed by atoms with Crippen molar-refractivity contribution in [2.75, 3.05) is 19.7 Å². The molecule has 8 heteroatoms. The number of nitrogens with zero attached hydrogens (tertiary/aromatic N) is 2. The number of likely N-dealkylation sites (tertiary alicyclic amines) is 1. The lowest BCUT2D eigenvalue weighted by Gasteiger charge is -2.32. The number of H-pyrrole nitrogens is 1. The molecule has 0 aliphatic carbocycles. The first-order valence-electron chi connectivity index (χ1n) is 8.97. The highest BCUT2D eigenvalue weighted by Gasteiger charge is 2.24. The van der Waals surface area contributed by atoms with E-state index in [-0.39, 0.29) is 30.6 Å². The second-order valence-electron chi connectivity index (χ2n) is 6.67. The molecule has 2 aromatic rings. The monoisotopic (exact) mass is 375 g/mol. The molecular weight excluding hydrogens is 353 g/mol. The third-order valence-corrected chi connectivity index (χ3v) is 4.63. The largest absolute Gasteiger partial charge is 0.493 e. The average Bonchev–Trinajstić information content (AvgIpc) is 2.67. The van der Waals surface area contributed by atoms with Crippen molar-refractivity contribution in [3.63, 3.8) is 0 Å². The van der Waals surface area contributed by atoms with Gasteiger partial charge in [0.2, 0.25) is 5.91 Å². The second kappa shape index (κ2) is 8.66. The number of carbonyl (C=O) groups excluding carboxylic acids is 1. The lowest BCUT2D eigenvalue weighted by Crippen LogP contribution is -2.42. The van der Waals surface area contributed by atoms with Gasteiger partial charge < -0.3 is 14.2 Å². The Morgan fingerprint density at radius 3 is 2.74 bits per heavy atom. The summed E-state index contributed by atoms with van der Waals surface area (Å²) in [6.45, 7) is 1.98. The van der Waals surface area contributed by atoms with E-state index in [1.807, 2.05) is 0 Å². The van der Waals surface area contributed by atoms with Crippen molar-refractivity contribution in [1.29, 1.82) is 0 Å². The molecule has 0 spiro atoms. The van der Waals surface area contributed by atoms with Gasteiger partial charge in [-0.1, -0.05) is 0 Å². The Labute approximate surface area is 155 Å². The number of hydrogen-bond donors (Lipinski definition) is 1. The standard InChI is InChI=1S/C19H22FN3O4/c20-15-3-5-16(6-4-15)27-13-14-2-1-9-23(12-14)18(25)8-11-22-10-7-17(24)21-19(22)26/h3-7,10,14H,1-2,8-9,11-13H2,(H,21,24,26). The number of aromatic amines is 1. The van der Waals surface area contributed by atoms with Gasteiger partial charge in [-0.15, -0.1) is 0 Å². The fourth-order valence-electron chi connectivity index (χ4n) is 3.17. The summed E-state index contributed by atoms with van der Waals surface area (Å²) in [5.74, 6) is 0.485. The lowest BCUT2D eigenvalue weighted by molar-refractivity contribution is -0.133. The number of aromatic nitrogens is 2. The van der Waals surface area contributed by atoms with Crippen molar-refractivity contribution in [2.45, 2.75) is 25.8 Å². The number of halogens is 1. The molecule has 1 aliphatic heterocycles. The molecule has 2 heterocycles. The maximum Gasteiger partial charge on any atom is 0.328 e. The third-order valence-electron chi connectivity index (χ3n) is 4.63. The second-order valence-corrected chi connectivity index (χ2v) is 6.67. The molecule has 3 rings (SSSR count). The molecule has 1 saturated heterocycles. The molecular formula is C19H22FN3O4. The summed E-state index contributed by atoms with van der Waals surface area (Å²) in [5, 5.41) is 0. The van der Waals surface area contributed by atoms with Gasteiger partial charge in [-0.05, 0) is 37.1 Å². The fraction of sp³-hybridized carbons (Fsp3) is 0.421. The summed E-state index contributed by atoms with van der Waals surface area (Å²) in [6.07, 6.45) is 3.44. The van der Waals surface area contributed by atoms with Crippen LogP contribution >= 0.6 is 0 Å². The minimum atomic E-state index is -0.514. The predicted molar refractivity (Wildman–Crippen MR) is 97.1 cm³/mol. The van der Waals surface area contributed by atoms with E-state index in [1.165, 1.54) is 29.0 Å². The SMILES string of the molecule is O=C(CCn1ccc(=O)[nH]c1=O)N1CCCC(COc2ccc(F)cc2)C1. The first kappa shape index (κ1) is 18.9. The van der Waals surface area contributed by atoms with Crippen LogP contribution in [0.5, 0.6) is 5.75 Å². The van der Waals surface area contributed by atoms with Gasteiger partial charge in [-0.2, -0.15) is 0 Å². The van der Waals surface area contributed by atoms with E-state index < -0.39 is 11.2 Å². The van der Waals surface area contributed by atoms with E-state index >= 15 is 0 Å². The van der Waals surface area contributed by atoms with E-state index in [0.717, 1.165) is 12.8 Å². The quantitative estimate of drug-likeness (QED) is 0.827. The summed E-state index contributed by atoms with van der Waals surface area (Å²) in [6, 6.07) is 7.14. The lowest BCUT2D eigenvalue weighted by atomic mass is 9.98. The highest BCUT2D eigenvalue weighted by Crippen LogP contribution is 2.19. The van der Waals surface area contributed by atoms with Crippen LogP contribution in [0.3, 0.4) is 0 Å². The summed E-state index contributed by atoms with van der Waals surface area (Å²) >= 11 is 0. The van der Waals surface area contributed by atoms with Crippen LogP contribution < -0.4 is 16.0 Å². The zero-order valence-electron chi connectivity index (χ0n) is 14.9. The zero-order valence-corrected chi connectivity index (χ0v) is 14.9. The molecule has 7 nitrogen and oxygen atoms in total. The van der Waals surface area contributed by atoms with E-state index in [2.05, 4.69) is 4.98 Å². The molecule has 1 N–H and O–H groups in total. The number of aryl methyl sites for hydroxylation is 1. The van der Waals surface area contributed by atoms with E-state index in [4.69, 9.17) is 4.74 Å². The number of piperidine rings is 1. The maximum atomic E-state index is 12.9. The molecule has 0 bridgehead atoms. The number of ether oxygens (including phenoxy) is 1. The Bertz CT molecular complexity index is 891. The summed E-state index contributed by atoms with van der Waals surface area (Å²) in [5.41, 5.74) is -0.970. The third kappa shape index (κ3) is 5.29. The minimum absolute atomic E-state index is 0.0282. The van der Waals surface area contributed by atoms with Crippen molar-refractivity contribution in [3.8, 4) is 5.75 Å². The topological polar surface area (TPSA) is 84.4 Å². The first-order valence-corrected chi connectivity index (χ1v) is 8.97. The molecule has 1 amide bonds. The van der Waals surface area contributed by atoms with Crippen molar-refractivity contribution < 1.29 is 13.9 Å².